The van der Waals surface area contributed by atoms with Crippen LogP contribution < -0.4 is 14.8 Å². The van der Waals surface area contributed by atoms with Gasteiger partial charge in [0.25, 0.3) is 0 Å². The molecule has 30 heavy (non-hydrogen) atoms. The van der Waals surface area contributed by atoms with Crippen LogP contribution in [0.2, 0.25) is 0 Å². The Morgan fingerprint density at radius 1 is 1.03 bits per heavy atom. The van der Waals surface area contributed by atoms with Crippen LogP contribution in [-0.4, -0.2) is 39.1 Å². The third-order valence-electron chi connectivity index (χ3n) is 4.70. The van der Waals surface area contributed by atoms with Gasteiger partial charge in [-0.2, -0.15) is 0 Å². The molecule has 6 heteroatoms. The van der Waals surface area contributed by atoms with Gasteiger partial charge in [-0.15, -0.1) is 11.8 Å². The second-order valence-corrected chi connectivity index (χ2v) is 9.15. The largest absolute Gasteiger partial charge is 0.493 e. The second-order valence-electron chi connectivity index (χ2n) is 8.10. The van der Waals surface area contributed by atoms with E-state index in [1.807, 2.05) is 25.1 Å². The number of amides is 1. The molecule has 0 spiro atoms. The standard InChI is InChI=1S/C24H33NO4S/c1-17(18-7-12-21(22(15-18)28-6)29-14-13-27-5)25-23(26)16-30-20-10-8-19(9-11-20)24(2,3)4/h7-12,15,17H,13-14,16H2,1-6H3,(H,25,26). The highest BCUT2D eigenvalue weighted by Crippen LogP contribution is 2.30. The Hall–Kier alpha value is -2.18. The summed E-state index contributed by atoms with van der Waals surface area (Å²) in [5.41, 5.74) is 2.37. The highest BCUT2D eigenvalue weighted by molar-refractivity contribution is 8.00. The zero-order valence-corrected chi connectivity index (χ0v) is 19.6. The van der Waals surface area contributed by atoms with Crippen molar-refractivity contribution in [1.29, 1.82) is 0 Å². The molecule has 0 aliphatic carbocycles. The van der Waals surface area contributed by atoms with E-state index in [1.165, 1.54) is 17.3 Å². The Morgan fingerprint density at radius 2 is 1.73 bits per heavy atom. The lowest BCUT2D eigenvalue weighted by atomic mass is 9.87. The summed E-state index contributed by atoms with van der Waals surface area (Å²) in [7, 11) is 3.24. The van der Waals surface area contributed by atoms with Crippen LogP contribution in [0, 0.1) is 0 Å². The van der Waals surface area contributed by atoms with Crippen molar-refractivity contribution >= 4 is 17.7 Å². The molecular formula is C24H33NO4S. The average Bonchev–Trinajstić information content (AvgIpc) is 2.72. The van der Waals surface area contributed by atoms with Crippen LogP contribution in [0.1, 0.15) is 44.9 Å². The van der Waals surface area contributed by atoms with Gasteiger partial charge in [-0.25, -0.2) is 0 Å². The number of carbonyl (C=O) groups excluding carboxylic acids is 1. The number of thioether (sulfide) groups is 1. The Labute approximate surface area is 184 Å². The quantitative estimate of drug-likeness (QED) is 0.424. The molecule has 0 heterocycles. The maximum atomic E-state index is 12.4. The number of carbonyl (C=O) groups is 1. The molecule has 164 valence electrons. The SMILES string of the molecule is COCCOc1ccc(C(C)NC(=O)CSc2ccc(C(C)(C)C)cc2)cc1OC. The number of methoxy groups -OCH3 is 2. The summed E-state index contributed by atoms with van der Waals surface area (Å²) in [6, 6.07) is 14.0. The summed E-state index contributed by atoms with van der Waals surface area (Å²) < 4.78 is 16.1. The van der Waals surface area contributed by atoms with Gasteiger partial charge in [0.05, 0.1) is 25.5 Å². The average molecular weight is 432 g/mol. The van der Waals surface area contributed by atoms with Gasteiger partial charge in [0.1, 0.15) is 6.61 Å². The summed E-state index contributed by atoms with van der Waals surface area (Å²) in [6.07, 6.45) is 0. The van der Waals surface area contributed by atoms with Crippen LogP contribution in [0.4, 0.5) is 0 Å². The molecule has 5 nitrogen and oxygen atoms in total. The summed E-state index contributed by atoms with van der Waals surface area (Å²) in [4.78, 5) is 13.5. The van der Waals surface area contributed by atoms with Crippen LogP contribution in [0.25, 0.3) is 0 Å². The van der Waals surface area contributed by atoms with Crippen molar-refractivity contribution in [1.82, 2.24) is 5.32 Å². The number of hydrogen-bond acceptors (Lipinski definition) is 5. The fourth-order valence-electron chi connectivity index (χ4n) is 2.87. The van der Waals surface area contributed by atoms with Crippen LogP contribution >= 0.6 is 11.8 Å². The van der Waals surface area contributed by atoms with Crippen LogP contribution in [0.15, 0.2) is 47.4 Å². The summed E-state index contributed by atoms with van der Waals surface area (Å²) in [6.45, 7) is 9.49. The van der Waals surface area contributed by atoms with E-state index in [4.69, 9.17) is 14.2 Å². The highest BCUT2D eigenvalue weighted by Gasteiger charge is 2.15. The minimum absolute atomic E-state index is 0.00761. The molecule has 2 aromatic rings. The van der Waals surface area contributed by atoms with Gasteiger partial charge in [0.15, 0.2) is 11.5 Å². The third kappa shape index (κ3) is 7.26. The normalized spacial score (nSPS) is 12.3. The number of benzene rings is 2. The van der Waals surface area contributed by atoms with E-state index >= 15 is 0 Å². The van der Waals surface area contributed by atoms with Gasteiger partial charge < -0.3 is 19.5 Å². The molecule has 1 unspecified atom stereocenters. The molecule has 0 bridgehead atoms. The van der Waals surface area contributed by atoms with E-state index in [0.717, 1.165) is 10.5 Å². The summed E-state index contributed by atoms with van der Waals surface area (Å²) in [5, 5.41) is 3.05. The Kier molecular flexibility index (Phi) is 9.06. The van der Waals surface area contributed by atoms with E-state index in [1.54, 1.807) is 14.2 Å². The van der Waals surface area contributed by atoms with Crippen molar-refractivity contribution in [2.45, 2.75) is 44.0 Å². The third-order valence-corrected chi connectivity index (χ3v) is 5.71. The number of hydrogen-bond donors (Lipinski definition) is 1. The van der Waals surface area contributed by atoms with Crippen molar-refractivity contribution in [3.05, 3.63) is 53.6 Å². The molecular weight excluding hydrogens is 398 g/mol. The van der Waals surface area contributed by atoms with Gasteiger partial charge >= 0.3 is 0 Å². The fourth-order valence-corrected chi connectivity index (χ4v) is 3.58. The maximum absolute atomic E-state index is 12.4. The van der Waals surface area contributed by atoms with E-state index in [2.05, 4.69) is 50.4 Å². The molecule has 2 rings (SSSR count). The van der Waals surface area contributed by atoms with Gasteiger partial charge in [0.2, 0.25) is 5.91 Å². The van der Waals surface area contributed by atoms with E-state index in [9.17, 15) is 4.79 Å². The van der Waals surface area contributed by atoms with Crippen molar-refractivity contribution in [3.63, 3.8) is 0 Å². The smallest absolute Gasteiger partial charge is 0.230 e. The van der Waals surface area contributed by atoms with Crippen molar-refractivity contribution in [2.75, 3.05) is 33.2 Å². The Bertz CT molecular complexity index is 815. The molecule has 2 aromatic carbocycles. The second kappa shape index (κ2) is 11.3. The Morgan fingerprint density at radius 3 is 2.33 bits per heavy atom. The number of nitrogens with one attached hydrogen (secondary N) is 1. The van der Waals surface area contributed by atoms with Crippen molar-refractivity contribution in [3.8, 4) is 11.5 Å². The molecule has 0 aromatic heterocycles. The predicted octanol–water partition coefficient (Wildman–Crippen LogP) is 4.99. The van der Waals surface area contributed by atoms with E-state index < -0.39 is 0 Å². The molecule has 0 saturated carbocycles. The lowest BCUT2D eigenvalue weighted by molar-refractivity contribution is -0.119. The molecule has 0 radical (unpaired) electrons. The fraction of sp³-hybridized carbons (Fsp3) is 0.458. The molecule has 0 aliphatic heterocycles. The number of rotatable bonds is 10. The first-order chi connectivity index (χ1) is 14.2. The lowest BCUT2D eigenvalue weighted by Crippen LogP contribution is -2.28. The monoisotopic (exact) mass is 431 g/mol. The van der Waals surface area contributed by atoms with Crippen molar-refractivity contribution in [2.24, 2.45) is 0 Å². The molecule has 0 aliphatic rings. The van der Waals surface area contributed by atoms with Gasteiger partial charge in [-0.1, -0.05) is 39.0 Å². The summed E-state index contributed by atoms with van der Waals surface area (Å²) in [5.74, 6) is 1.66. The summed E-state index contributed by atoms with van der Waals surface area (Å²) >= 11 is 1.54. The number of ether oxygens (including phenoxy) is 3. The molecule has 1 atom stereocenters. The van der Waals surface area contributed by atoms with Crippen molar-refractivity contribution < 1.29 is 19.0 Å². The van der Waals surface area contributed by atoms with Gasteiger partial charge in [-0.3, -0.25) is 4.79 Å². The van der Waals surface area contributed by atoms with Gasteiger partial charge in [-0.05, 0) is 47.7 Å². The van der Waals surface area contributed by atoms with E-state index in [0.29, 0.717) is 30.5 Å². The molecule has 0 fully saturated rings. The zero-order chi connectivity index (χ0) is 22.1. The van der Waals surface area contributed by atoms with Crippen LogP contribution in [0.3, 0.4) is 0 Å². The molecule has 1 N–H and O–H groups in total. The first kappa shape index (κ1) is 24.1. The van der Waals surface area contributed by atoms with Crippen LogP contribution in [-0.2, 0) is 14.9 Å². The Balaban J connectivity index is 1.90. The maximum Gasteiger partial charge on any atom is 0.230 e. The molecule has 1 amide bonds. The first-order valence-corrected chi connectivity index (χ1v) is 11.1. The minimum Gasteiger partial charge on any atom is -0.493 e. The minimum atomic E-state index is -0.136. The zero-order valence-electron chi connectivity index (χ0n) is 18.8. The first-order valence-electron chi connectivity index (χ1n) is 10.1. The molecule has 0 saturated heterocycles. The van der Waals surface area contributed by atoms with Crippen LogP contribution in [0.5, 0.6) is 11.5 Å². The lowest BCUT2D eigenvalue weighted by Gasteiger charge is -2.19. The topological polar surface area (TPSA) is 56.8 Å². The predicted molar refractivity (Wildman–Crippen MR) is 123 cm³/mol. The highest BCUT2D eigenvalue weighted by atomic mass is 32.2. The van der Waals surface area contributed by atoms with E-state index in [-0.39, 0.29) is 17.4 Å². The van der Waals surface area contributed by atoms with Gasteiger partial charge in [0, 0.05) is 12.0 Å².